The SMILES string of the molecule is C=C/C=C\C(=C)c1cccc(-c2ccc3sc4ccccc4c3c2)c1. The summed E-state index contributed by atoms with van der Waals surface area (Å²) >= 11 is 1.85. The van der Waals surface area contributed by atoms with Gasteiger partial charge in [0.15, 0.2) is 0 Å². The number of hydrogen-bond donors (Lipinski definition) is 0. The van der Waals surface area contributed by atoms with Crippen LogP contribution in [0.1, 0.15) is 5.56 Å². The summed E-state index contributed by atoms with van der Waals surface area (Å²) < 4.78 is 2.67. The molecule has 3 aromatic carbocycles. The first-order chi connectivity index (χ1) is 12.3. The van der Waals surface area contributed by atoms with Crippen molar-refractivity contribution in [2.24, 2.45) is 0 Å². The lowest BCUT2D eigenvalue weighted by atomic mass is 9.98. The highest BCUT2D eigenvalue weighted by Crippen LogP contribution is 2.36. The van der Waals surface area contributed by atoms with Crippen molar-refractivity contribution < 1.29 is 0 Å². The lowest BCUT2D eigenvalue weighted by Crippen LogP contribution is -1.83. The summed E-state index contributed by atoms with van der Waals surface area (Å²) in [5.74, 6) is 0. The molecule has 1 aromatic heterocycles. The van der Waals surface area contributed by atoms with Crippen molar-refractivity contribution >= 4 is 37.1 Å². The summed E-state index contributed by atoms with van der Waals surface area (Å²) in [6, 6.07) is 23.9. The van der Waals surface area contributed by atoms with Crippen molar-refractivity contribution in [1.82, 2.24) is 0 Å². The number of benzene rings is 3. The molecule has 25 heavy (non-hydrogen) atoms. The highest BCUT2D eigenvalue weighted by atomic mass is 32.1. The molecule has 1 heterocycles. The van der Waals surface area contributed by atoms with Crippen LogP contribution in [-0.4, -0.2) is 0 Å². The Morgan fingerprint density at radius 2 is 1.60 bits per heavy atom. The van der Waals surface area contributed by atoms with Gasteiger partial charge in [-0.15, -0.1) is 11.3 Å². The Balaban J connectivity index is 1.81. The van der Waals surface area contributed by atoms with Crippen LogP contribution in [0.25, 0.3) is 36.9 Å². The average Bonchev–Trinajstić information content (AvgIpc) is 3.04. The van der Waals surface area contributed by atoms with E-state index in [1.165, 1.54) is 31.3 Å². The molecular formula is C24H18S. The zero-order chi connectivity index (χ0) is 17.2. The van der Waals surface area contributed by atoms with Crippen molar-refractivity contribution in [2.45, 2.75) is 0 Å². The van der Waals surface area contributed by atoms with Crippen molar-refractivity contribution in [2.75, 3.05) is 0 Å². The van der Waals surface area contributed by atoms with Crippen LogP contribution in [0.2, 0.25) is 0 Å². The maximum Gasteiger partial charge on any atom is 0.0355 e. The van der Waals surface area contributed by atoms with Gasteiger partial charge in [0.1, 0.15) is 0 Å². The van der Waals surface area contributed by atoms with Crippen molar-refractivity contribution in [1.29, 1.82) is 0 Å². The molecule has 0 amide bonds. The first-order valence-electron chi connectivity index (χ1n) is 8.26. The second-order valence-corrected chi connectivity index (χ2v) is 7.09. The molecular weight excluding hydrogens is 320 g/mol. The van der Waals surface area contributed by atoms with E-state index in [9.17, 15) is 0 Å². The minimum Gasteiger partial charge on any atom is -0.135 e. The number of rotatable bonds is 4. The second kappa shape index (κ2) is 6.54. The molecule has 0 saturated carbocycles. The maximum absolute atomic E-state index is 4.15. The molecule has 0 saturated heterocycles. The van der Waals surface area contributed by atoms with E-state index in [-0.39, 0.29) is 0 Å². The topological polar surface area (TPSA) is 0 Å². The number of fused-ring (bicyclic) bond motifs is 3. The predicted molar refractivity (Wildman–Crippen MR) is 113 cm³/mol. The highest BCUT2D eigenvalue weighted by molar-refractivity contribution is 7.25. The fraction of sp³-hybridized carbons (Fsp3) is 0. The smallest absolute Gasteiger partial charge is 0.0355 e. The molecule has 0 fully saturated rings. The molecule has 4 aromatic rings. The van der Waals surface area contributed by atoms with Gasteiger partial charge in [0.05, 0.1) is 0 Å². The van der Waals surface area contributed by atoms with Crippen LogP contribution in [0.15, 0.2) is 98.1 Å². The molecule has 1 heteroatoms. The fourth-order valence-electron chi connectivity index (χ4n) is 3.08. The van der Waals surface area contributed by atoms with Gasteiger partial charge in [-0.3, -0.25) is 0 Å². The third kappa shape index (κ3) is 2.95. The van der Waals surface area contributed by atoms with Gasteiger partial charge >= 0.3 is 0 Å². The third-order valence-corrected chi connectivity index (χ3v) is 5.53. The molecule has 0 bridgehead atoms. The van der Waals surface area contributed by atoms with Gasteiger partial charge in [-0.2, -0.15) is 0 Å². The Kier molecular flexibility index (Phi) is 4.09. The molecule has 0 aliphatic carbocycles. The van der Waals surface area contributed by atoms with Gasteiger partial charge in [0, 0.05) is 20.2 Å². The summed E-state index contributed by atoms with van der Waals surface area (Å²) in [5.41, 5.74) is 4.57. The summed E-state index contributed by atoms with van der Waals surface area (Å²) in [7, 11) is 0. The average molecular weight is 338 g/mol. The largest absolute Gasteiger partial charge is 0.135 e. The number of thiophene rings is 1. The molecule has 0 radical (unpaired) electrons. The van der Waals surface area contributed by atoms with E-state index in [1.54, 1.807) is 6.08 Å². The summed E-state index contributed by atoms with van der Waals surface area (Å²) in [6.07, 6.45) is 5.67. The van der Waals surface area contributed by atoms with Crippen LogP contribution in [-0.2, 0) is 0 Å². The van der Waals surface area contributed by atoms with Gasteiger partial charge in [0.25, 0.3) is 0 Å². The molecule has 0 nitrogen and oxygen atoms in total. The van der Waals surface area contributed by atoms with Crippen LogP contribution in [0.4, 0.5) is 0 Å². The summed E-state index contributed by atoms with van der Waals surface area (Å²) in [4.78, 5) is 0. The highest BCUT2D eigenvalue weighted by Gasteiger charge is 2.07. The van der Waals surface area contributed by atoms with E-state index in [0.717, 1.165) is 11.1 Å². The number of allylic oxidation sites excluding steroid dienone is 4. The van der Waals surface area contributed by atoms with Crippen LogP contribution in [0, 0.1) is 0 Å². The minimum absolute atomic E-state index is 0.990. The summed E-state index contributed by atoms with van der Waals surface area (Å²) in [5, 5.41) is 2.66. The van der Waals surface area contributed by atoms with E-state index in [2.05, 4.69) is 79.9 Å². The molecule has 0 N–H and O–H groups in total. The van der Waals surface area contributed by atoms with Gasteiger partial charge in [0.2, 0.25) is 0 Å². The molecule has 0 spiro atoms. The Labute approximate surface area is 152 Å². The molecule has 0 unspecified atom stereocenters. The Hall–Kier alpha value is -2.90. The normalized spacial score (nSPS) is 11.4. The van der Waals surface area contributed by atoms with Crippen LogP contribution >= 0.6 is 11.3 Å². The predicted octanol–water partition coefficient (Wildman–Crippen LogP) is 7.48. The Bertz CT molecular complexity index is 1130. The quantitative estimate of drug-likeness (QED) is 0.338. The van der Waals surface area contributed by atoms with Gasteiger partial charge in [-0.25, -0.2) is 0 Å². The van der Waals surface area contributed by atoms with Gasteiger partial charge in [-0.05, 0) is 46.5 Å². The summed E-state index contributed by atoms with van der Waals surface area (Å²) in [6.45, 7) is 7.86. The molecule has 0 aliphatic rings. The van der Waals surface area contributed by atoms with Crippen LogP contribution in [0.5, 0.6) is 0 Å². The Morgan fingerprint density at radius 1 is 0.800 bits per heavy atom. The van der Waals surface area contributed by atoms with E-state index >= 15 is 0 Å². The number of hydrogen-bond acceptors (Lipinski definition) is 1. The van der Waals surface area contributed by atoms with E-state index in [1.807, 2.05) is 23.5 Å². The first kappa shape index (κ1) is 15.6. The monoisotopic (exact) mass is 338 g/mol. The zero-order valence-corrected chi connectivity index (χ0v) is 14.7. The Morgan fingerprint density at radius 3 is 2.48 bits per heavy atom. The second-order valence-electron chi connectivity index (χ2n) is 6.01. The molecule has 0 atom stereocenters. The van der Waals surface area contributed by atoms with Gasteiger partial charge < -0.3 is 0 Å². The van der Waals surface area contributed by atoms with Crippen molar-refractivity contribution in [3.8, 4) is 11.1 Å². The molecule has 4 rings (SSSR count). The maximum atomic E-state index is 4.15. The van der Waals surface area contributed by atoms with E-state index in [0.29, 0.717) is 0 Å². The third-order valence-electron chi connectivity index (χ3n) is 4.38. The molecule has 0 aliphatic heterocycles. The van der Waals surface area contributed by atoms with Crippen molar-refractivity contribution in [3.63, 3.8) is 0 Å². The first-order valence-corrected chi connectivity index (χ1v) is 9.08. The standard InChI is InChI=1S/C24H18S/c1-3-4-8-17(2)18-9-7-10-19(15-18)20-13-14-24-22(16-20)21-11-5-6-12-23(21)25-24/h3-16H,1-2H2/b8-4-. The zero-order valence-electron chi connectivity index (χ0n) is 13.9. The van der Waals surface area contributed by atoms with Crippen molar-refractivity contribution in [3.05, 3.63) is 104 Å². The van der Waals surface area contributed by atoms with E-state index < -0.39 is 0 Å². The lowest BCUT2D eigenvalue weighted by Gasteiger charge is -2.06. The fourth-order valence-corrected chi connectivity index (χ4v) is 4.17. The van der Waals surface area contributed by atoms with Crippen LogP contribution in [0.3, 0.4) is 0 Å². The van der Waals surface area contributed by atoms with Gasteiger partial charge in [-0.1, -0.05) is 73.9 Å². The molecule has 120 valence electrons. The lowest BCUT2D eigenvalue weighted by molar-refractivity contribution is 1.60. The van der Waals surface area contributed by atoms with Crippen LogP contribution < -0.4 is 0 Å². The van der Waals surface area contributed by atoms with E-state index in [4.69, 9.17) is 0 Å². The minimum atomic E-state index is 0.990.